The SMILES string of the molecule is O=C(Cn1cnccc1=O)NCc1ccncc1. The molecule has 0 saturated heterocycles. The summed E-state index contributed by atoms with van der Waals surface area (Å²) in [5, 5.41) is 2.72. The molecule has 0 spiro atoms. The lowest BCUT2D eigenvalue weighted by Crippen LogP contribution is -2.31. The lowest BCUT2D eigenvalue weighted by atomic mass is 10.3. The van der Waals surface area contributed by atoms with E-state index in [0.29, 0.717) is 6.54 Å². The molecule has 0 atom stereocenters. The highest BCUT2D eigenvalue weighted by Gasteiger charge is 2.03. The molecule has 1 amide bonds. The number of hydrogen-bond donors (Lipinski definition) is 1. The highest BCUT2D eigenvalue weighted by Crippen LogP contribution is 1.94. The monoisotopic (exact) mass is 244 g/mol. The molecule has 2 rings (SSSR count). The Labute approximate surface area is 103 Å². The van der Waals surface area contributed by atoms with E-state index in [1.807, 2.05) is 12.1 Å². The highest BCUT2D eigenvalue weighted by atomic mass is 16.2. The van der Waals surface area contributed by atoms with Gasteiger partial charge in [-0.2, -0.15) is 0 Å². The van der Waals surface area contributed by atoms with E-state index in [9.17, 15) is 9.59 Å². The van der Waals surface area contributed by atoms with E-state index in [4.69, 9.17) is 0 Å². The molecule has 6 nitrogen and oxygen atoms in total. The number of carbonyl (C=O) groups is 1. The van der Waals surface area contributed by atoms with Crippen molar-refractivity contribution in [3.63, 3.8) is 0 Å². The number of amides is 1. The van der Waals surface area contributed by atoms with Crippen LogP contribution >= 0.6 is 0 Å². The number of nitrogens with one attached hydrogen (secondary N) is 1. The maximum atomic E-state index is 11.6. The van der Waals surface area contributed by atoms with Gasteiger partial charge in [-0.3, -0.25) is 19.1 Å². The zero-order chi connectivity index (χ0) is 12.8. The molecule has 0 fully saturated rings. The fraction of sp³-hybridized carbons (Fsp3) is 0.167. The maximum absolute atomic E-state index is 11.6. The molecule has 0 aliphatic heterocycles. The normalized spacial score (nSPS) is 10.0. The van der Waals surface area contributed by atoms with Crippen LogP contribution in [0.1, 0.15) is 5.56 Å². The smallest absolute Gasteiger partial charge is 0.253 e. The van der Waals surface area contributed by atoms with Crippen LogP contribution in [-0.2, 0) is 17.9 Å². The van der Waals surface area contributed by atoms with Crippen molar-refractivity contribution >= 4 is 5.91 Å². The average Bonchev–Trinajstić information content (AvgIpc) is 2.40. The van der Waals surface area contributed by atoms with Gasteiger partial charge in [0.1, 0.15) is 6.54 Å². The highest BCUT2D eigenvalue weighted by molar-refractivity contribution is 5.75. The number of rotatable bonds is 4. The van der Waals surface area contributed by atoms with Crippen LogP contribution in [0.4, 0.5) is 0 Å². The Morgan fingerprint density at radius 3 is 2.61 bits per heavy atom. The lowest BCUT2D eigenvalue weighted by Gasteiger charge is -2.06. The maximum Gasteiger partial charge on any atom is 0.253 e. The minimum atomic E-state index is -0.246. The summed E-state index contributed by atoms with van der Waals surface area (Å²) in [6, 6.07) is 4.95. The molecule has 0 bridgehead atoms. The predicted molar refractivity (Wildman–Crippen MR) is 64.6 cm³/mol. The van der Waals surface area contributed by atoms with Crippen LogP contribution in [0.25, 0.3) is 0 Å². The van der Waals surface area contributed by atoms with Crippen LogP contribution in [0, 0.1) is 0 Å². The van der Waals surface area contributed by atoms with Gasteiger partial charge in [0.25, 0.3) is 5.56 Å². The van der Waals surface area contributed by atoms with Crippen LogP contribution in [0.3, 0.4) is 0 Å². The van der Waals surface area contributed by atoms with Crippen molar-refractivity contribution in [2.24, 2.45) is 0 Å². The zero-order valence-electron chi connectivity index (χ0n) is 9.61. The minimum absolute atomic E-state index is 0.0300. The van der Waals surface area contributed by atoms with Crippen molar-refractivity contribution < 1.29 is 4.79 Å². The van der Waals surface area contributed by atoms with Crippen molar-refractivity contribution in [2.45, 2.75) is 13.1 Å². The van der Waals surface area contributed by atoms with Crippen molar-refractivity contribution in [1.82, 2.24) is 19.9 Å². The molecule has 6 heteroatoms. The molecule has 0 saturated carbocycles. The third kappa shape index (κ3) is 3.24. The van der Waals surface area contributed by atoms with E-state index in [1.165, 1.54) is 23.2 Å². The van der Waals surface area contributed by atoms with E-state index in [2.05, 4.69) is 15.3 Å². The second kappa shape index (κ2) is 5.72. The van der Waals surface area contributed by atoms with Gasteiger partial charge in [0.15, 0.2) is 0 Å². The van der Waals surface area contributed by atoms with Gasteiger partial charge in [0.2, 0.25) is 5.91 Å². The van der Waals surface area contributed by atoms with Gasteiger partial charge < -0.3 is 5.32 Å². The molecule has 2 aromatic heterocycles. The van der Waals surface area contributed by atoms with Crippen molar-refractivity contribution in [2.75, 3.05) is 0 Å². The second-order valence-corrected chi connectivity index (χ2v) is 3.68. The van der Waals surface area contributed by atoms with Crippen LogP contribution in [0.15, 0.2) is 47.9 Å². The van der Waals surface area contributed by atoms with Crippen molar-refractivity contribution in [3.05, 3.63) is 59.0 Å². The van der Waals surface area contributed by atoms with Gasteiger partial charge in [-0.15, -0.1) is 0 Å². The van der Waals surface area contributed by atoms with Crippen molar-refractivity contribution in [3.8, 4) is 0 Å². The molecule has 1 N–H and O–H groups in total. The molecular formula is C12H12N4O2. The Balaban J connectivity index is 1.90. The summed E-state index contributed by atoms with van der Waals surface area (Å²) in [4.78, 5) is 30.7. The van der Waals surface area contributed by atoms with Crippen LogP contribution in [0.5, 0.6) is 0 Å². The van der Waals surface area contributed by atoms with E-state index in [0.717, 1.165) is 5.56 Å². The van der Waals surface area contributed by atoms with E-state index < -0.39 is 0 Å². The summed E-state index contributed by atoms with van der Waals surface area (Å²) in [5.41, 5.74) is 0.709. The molecular weight excluding hydrogens is 232 g/mol. The summed E-state index contributed by atoms with van der Waals surface area (Å²) in [6.07, 6.45) is 6.06. The van der Waals surface area contributed by atoms with Crippen molar-refractivity contribution in [1.29, 1.82) is 0 Å². The number of aromatic nitrogens is 3. The first-order chi connectivity index (χ1) is 8.75. The molecule has 0 unspecified atom stereocenters. The Morgan fingerprint density at radius 1 is 1.17 bits per heavy atom. The molecule has 18 heavy (non-hydrogen) atoms. The molecule has 0 aromatic carbocycles. The van der Waals surface area contributed by atoms with E-state index >= 15 is 0 Å². The topological polar surface area (TPSA) is 76.9 Å². The molecule has 92 valence electrons. The number of pyridine rings is 1. The largest absolute Gasteiger partial charge is 0.350 e. The molecule has 2 heterocycles. The number of nitrogens with zero attached hydrogens (tertiary/aromatic N) is 3. The van der Waals surface area contributed by atoms with Crippen LogP contribution in [0.2, 0.25) is 0 Å². The summed E-state index contributed by atoms with van der Waals surface area (Å²) in [7, 11) is 0. The van der Waals surface area contributed by atoms with Gasteiger partial charge in [-0.1, -0.05) is 0 Å². The zero-order valence-corrected chi connectivity index (χ0v) is 9.61. The minimum Gasteiger partial charge on any atom is -0.350 e. The summed E-state index contributed by atoms with van der Waals surface area (Å²) < 4.78 is 1.25. The third-order valence-electron chi connectivity index (χ3n) is 2.35. The third-order valence-corrected chi connectivity index (χ3v) is 2.35. The molecule has 0 aliphatic carbocycles. The lowest BCUT2D eigenvalue weighted by molar-refractivity contribution is -0.121. The standard InChI is InChI=1S/C12H12N4O2/c17-11(8-16-9-14-6-3-12(16)18)15-7-10-1-4-13-5-2-10/h1-6,9H,7-8H2,(H,15,17). The summed E-state index contributed by atoms with van der Waals surface area (Å²) in [5.74, 6) is -0.234. The fourth-order valence-electron chi connectivity index (χ4n) is 1.41. The van der Waals surface area contributed by atoms with Gasteiger partial charge in [0, 0.05) is 31.2 Å². The van der Waals surface area contributed by atoms with E-state index in [1.54, 1.807) is 12.4 Å². The number of carbonyl (C=O) groups excluding carboxylic acids is 1. The Bertz CT molecular complexity index is 580. The fourth-order valence-corrected chi connectivity index (χ4v) is 1.41. The van der Waals surface area contributed by atoms with E-state index in [-0.39, 0.29) is 18.0 Å². The first-order valence-electron chi connectivity index (χ1n) is 5.42. The van der Waals surface area contributed by atoms with Crippen LogP contribution in [-0.4, -0.2) is 20.4 Å². The summed E-state index contributed by atoms with van der Waals surface area (Å²) >= 11 is 0. The second-order valence-electron chi connectivity index (χ2n) is 3.68. The van der Waals surface area contributed by atoms with Crippen LogP contribution < -0.4 is 10.9 Å². The molecule has 2 aromatic rings. The molecule has 0 radical (unpaired) electrons. The molecule has 0 aliphatic rings. The Kier molecular flexibility index (Phi) is 3.80. The number of hydrogen-bond acceptors (Lipinski definition) is 4. The predicted octanol–water partition coefficient (Wildman–Crippen LogP) is -0.0453. The van der Waals surface area contributed by atoms with Gasteiger partial charge in [-0.25, -0.2) is 4.98 Å². The van der Waals surface area contributed by atoms with Gasteiger partial charge >= 0.3 is 0 Å². The van der Waals surface area contributed by atoms with Gasteiger partial charge in [-0.05, 0) is 17.7 Å². The first-order valence-corrected chi connectivity index (χ1v) is 5.42. The Morgan fingerprint density at radius 2 is 1.89 bits per heavy atom. The first kappa shape index (κ1) is 12.0. The Hall–Kier alpha value is -2.50. The average molecular weight is 244 g/mol. The quantitative estimate of drug-likeness (QED) is 0.818. The summed E-state index contributed by atoms with van der Waals surface area (Å²) in [6.45, 7) is 0.383. The van der Waals surface area contributed by atoms with Gasteiger partial charge in [0.05, 0.1) is 6.33 Å².